The molecule has 0 atom stereocenters. The topological polar surface area (TPSA) is 40.5 Å². The van der Waals surface area contributed by atoms with Crippen molar-refractivity contribution in [1.29, 1.82) is 0 Å². The van der Waals surface area contributed by atoms with Crippen molar-refractivity contribution in [3.63, 3.8) is 0 Å². The SMILES string of the molecule is CCC(=CCN1CCCCC1)C(=O)O. The molecule has 3 heteroatoms. The van der Waals surface area contributed by atoms with Crippen LogP contribution in [0.5, 0.6) is 0 Å². The van der Waals surface area contributed by atoms with Crippen molar-refractivity contribution in [3.05, 3.63) is 11.6 Å². The van der Waals surface area contributed by atoms with Gasteiger partial charge in [-0.3, -0.25) is 4.90 Å². The van der Waals surface area contributed by atoms with Gasteiger partial charge in [0.2, 0.25) is 0 Å². The quantitative estimate of drug-likeness (QED) is 0.700. The third-order valence-corrected chi connectivity index (χ3v) is 2.70. The number of carboxylic acid groups (broad SMARTS) is 1. The Hall–Kier alpha value is -0.830. The minimum Gasteiger partial charge on any atom is -0.478 e. The van der Waals surface area contributed by atoms with Crippen LogP contribution in [0.3, 0.4) is 0 Å². The number of aliphatic carboxylic acids is 1. The molecule has 0 spiro atoms. The molecule has 0 aromatic heterocycles. The van der Waals surface area contributed by atoms with Gasteiger partial charge < -0.3 is 5.11 Å². The van der Waals surface area contributed by atoms with E-state index in [-0.39, 0.29) is 0 Å². The summed E-state index contributed by atoms with van der Waals surface area (Å²) in [5.41, 5.74) is 0.538. The van der Waals surface area contributed by atoms with E-state index in [1.807, 2.05) is 13.0 Å². The molecular formula is C11H19NO2. The molecule has 1 saturated heterocycles. The summed E-state index contributed by atoms with van der Waals surface area (Å²) < 4.78 is 0. The molecule has 0 aromatic rings. The number of piperidine rings is 1. The predicted octanol–water partition coefficient (Wildman–Crippen LogP) is 1.89. The first-order valence-electron chi connectivity index (χ1n) is 5.38. The lowest BCUT2D eigenvalue weighted by Gasteiger charge is -2.25. The number of carbonyl (C=O) groups is 1. The Bertz CT molecular complexity index is 217. The number of rotatable bonds is 4. The Morgan fingerprint density at radius 1 is 1.36 bits per heavy atom. The van der Waals surface area contributed by atoms with Gasteiger partial charge in [-0.1, -0.05) is 19.4 Å². The van der Waals surface area contributed by atoms with E-state index in [1.165, 1.54) is 19.3 Å². The summed E-state index contributed by atoms with van der Waals surface area (Å²) in [6.07, 6.45) is 6.29. The highest BCUT2D eigenvalue weighted by atomic mass is 16.4. The molecule has 1 aliphatic heterocycles. The molecule has 0 bridgehead atoms. The maximum absolute atomic E-state index is 10.7. The van der Waals surface area contributed by atoms with Gasteiger partial charge in [-0.2, -0.15) is 0 Å². The van der Waals surface area contributed by atoms with E-state index in [9.17, 15) is 4.79 Å². The largest absolute Gasteiger partial charge is 0.478 e. The zero-order chi connectivity index (χ0) is 10.4. The fraction of sp³-hybridized carbons (Fsp3) is 0.727. The summed E-state index contributed by atoms with van der Waals surface area (Å²) in [6, 6.07) is 0. The fourth-order valence-corrected chi connectivity index (χ4v) is 1.76. The molecule has 1 aliphatic rings. The lowest BCUT2D eigenvalue weighted by molar-refractivity contribution is -0.132. The summed E-state index contributed by atoms with van der Waals surface area (Å²) in [4.78, 5) is 13.0. The third kappa shape index (κ3) is 3.50. The van der Waals surface area contributed by atoms with Crippen LogP contribution in [-0.4, -0.2) is 35.6 Å². The highest BCUT2D eigenvalue weighted by Gasteiger charge is 2.09. The van der Waals surface area contributed by atoms with E-state index in [0.29, 0.717) is 12.0 Å². The molecule has 0 saturated carbocycles. The molecule has 3 nitrogen and oxygen atoms in total. The van der Waals surface area contributed by atoms with E-state index in [4.69, 9.17) is 5.11 Å². The van der Waals surface area contributed by atoms with Gasteiger partial charge in [-0.25, -0.2) is 4.79 Å². The first-order valence-corrected chi connectivity index (χ1v) is 5.38. The molecule has 1 fully saturated rings. The molecule has 0 amide bonds. The van der Waals surface area contributed by atoms with Gasteiger partial charge >= 0.3 is 5.97 Å². The number of carboxylic acids is 1. The van der Waals surface area contributed by atoms with Crippen molar-refractivity contribution >= 4 is 5.97 Å². The molecule has 0 aromatic carbocycles. The van der Waals surface area contributed by atoms with Crippen molar-refractivity contribution in [2.75, 3.05) is 19.6 Å². The highest BCUT2D eigenvalue weighted by Crippen LogP contribution is 2.09. The Morgan fingerprint density at radius 3 is 2.50 bits per heavy atom. The third-order valence-electron chi connectivity index (χ3n) is 2.70. The van der Waals surface area contributed by atoms with Crippen molar-refractivity contribution < 1.29 is 9.90 Å². The molecule has 0 aliphatic carbocycles. The number of hydrogen-bond acceptors (Lipinski definition) is 2. The summed E-state index contributed by atoms with van der Waals surface area (Å²) in [7, 11) is 0. The average Bonchev–Trinajstić information content (AvgIpc) is 2.20. The summed E-state index contributed by atoms with van der Waals surface area (Å²) in [6.45, 7) is 4.92. The van der Waals surface area contributed by atoms with E-state index in [1.54, 1.807) is 0 Å². The molecular weight excluding hydrogens is 178 g/mol. The minimum absolute atomic E-state index is 0.538. The van der Waals surface area contributed by atoms with Crippen molar-refractivity contribution in [1.82, 2.24) is 4.90 Å². The second-order valence-electron chi connectivity index (χ2n) is 3.75. The van der Waals surface area contributed by atoms with Gasteiger partial charge in [0, 0.05) is 12.1 Å². The number of hydrogen-bond donors (Lipinski definition) is 1. The van der Waals surface area contributed by atoms with Crippen LogP contribution in [0.25, 0.3) is 0 Å². The molecule has 1 heterocycles. The van der Waals surface area contributed by atoms with E-state index in [2.05, 4.69) is 4.90 Å². The molecule has 0 radical (unpaired) electrons. The van der Waals surface area contributed by atoms with Gasteiger partial charge in [-0.15, -0.1) is 0 Å². The standard InChI is InChI=1S/C11H19NO2/c1-2-10(11(13)14)6-9-12-7-4-3-5-8-12/h6H,2-5,7-9H2,1H3,(H,13,14). The first kappa shape index (κ1) is 11.2. The molecule has 80 valence electrons. The van der Waals surface area contributed by atoms with Gasteiger partial charge in [-0.05, 0) is 32.4 Å². The average molecular weight is 197 g/mol. The van der Waals surface area contributed by atoms with Crippen LogP contribution >= 0.6 is 0 Å². The number of likely N-dealkylation sites (tertiary alicyclic amines) is 1. The first-order chi connectivity index (χ1) is 6.74. The van der Waals surface area contributed by atoms with Crippen LogP contribution in [0.2, 0.25) is 0 Å². The second-order valence-corrected chi connectivity index (χ2v) is 3.75. The Labute approximate surface area is 85.4 Å². The van der Waals surface area contributed by atoms with Crippen LogP contribution in [0.15, 0.2) is 11.6 Å². The van der Waals surface area contributed by atoms with E-state index >= 15 is 0 Å². The van der Waals surface area contributed by atoms with Gasteiger partial charge in [0.25, 0.3) is 0 Å². The lowest BCUT2D eigenvalue weighted by atomic mass is 10.1. The molecule has 1 N–H and O–H groups in total. The van der Waals surface area contributed by atoms with Gasteiger partial charge in [0.1, 0.15) is 0 Å². The summed E-state index contributed by atoms with van der Waals surface area (Å²) in [5.74, 6) is -0.774. The lowest BCUT2D eigenvalue weighted by Crippen LogP contribution is -2.30. The minimum atomic E-state index is -0.774. The number of nitrogens with zero attached hydrogens (tertiary/aromatic N) is 1. The van der Waals surface area contributed by atoms with Crippen LogP contribution in [0, 0.1) is 0 Å². The molecule has 1 rings (SSSR count). The maximum atomic E-state index is 10.7. The van der Waals surface area contributed by atoms with Crippen LogP contribution in [0.1, 0.15) is 32.6 Å². The van der Waals surface area contributed by atoms with Crippen LogP contribution < -0.4 is 0 Å². The van der Waals surface area contributed by atoms with E-state index < -0.39 is 5.97 Å². The van der Waals surface area contributed by atoms with Crippen molar-refractivity contribution in [2.24, 2.45) is 0 Å². The second kappa shape index (κ2) is 5.81. The zero-order valence-electron chi connectivity index (χ0n) is 8.83. The highest BCUT2D eigenvalue weighted by molar-refractivity contribution is 5.86. The molecule has 0 unspecified atom stereocenters. The monoisotopic (exact) mass is 197 g/mol. The van der Waals surface area contributed by atoms with Crippen LogP contribution in [-0.2, 0) is 4.79 Å². The van der Waals surface area contributed by atoms with Crippen LogP contribution in [0.4, 0.5) is 0 Å². The smallest absolute Gasteiger partial charge is 0.331 e. The van der Waals surface area contributed by atoms with Gasteiger partial charge in [0.05, 0.1) is 0 Å². The Kier molecular flexibility index (Phi) is 4.66. The molecule has 14 heavy (non-hydrogen) atoms. The fourth-order valence-electron chi connectivity index (χ4n) is 1.76. The van der Waals surface area contributed by atoms with E-state index in [0.717, 1.165) is 19.6 Å². The normalized spacial score (nSPS) is 19.6. The summed E-state index contributed by atoms with van der Waals surface area (Å²) >= 11 is 0. The zero-order valence-corrected chi connectivity index (χ0v) is 8.83. The Morgan fingerprint density at radius 2 is 2.00 bits per heavy atom. The van der Waals surface area contributed by atoms with Crippen molar-refractivity contribution in [2.45, 2.75) is 32.6 Å². The predicted molar refractivity (Wildman–Crippen MR) is 56.3 cm³/mol. The summed E-state index contributed by atoms with van der Waals surface area (Å²) in [5, 5.41) is 8.82. The van der Waals surface area contributed by atoms with Gasteiger partial charge in [0.15, 0.2) is 0 Å². The van der Waals surface area contributed by atoms with Crippen molar-refractivity contribution in [3.8, 4) is 0 Å². The maximum Gasteiger partial charge on any atom is 0.331 e. The Balaban J connectivity index is 2.38.